The number of nitrogens with one attached hydrogen (secondary N) is 1. The lowest BCUT2D eigenvalue weighted by Gasteiger charge is -2.13. The van der Waals surface area contributed by atoms with E-state index in [2.05, 4.69) is 22.9 Å². The Labute approximate surface area is 187 Å². The number of ether oxygens (including phenoxy) is 2. The predicted octanol–water partition coefficient (Wildman–Crippen LogP) is 4.37. The molecule has 0 fully saturated rings. The van der Waals surface area contributed by atoms with Crippen LogP contribution in [-0.4, -0.2) is 28.6 Å². The number of imidazole rings is 1. The third-order valence-electron chi connectivity index (χ3n) is 5.17. The highest BCUT2D eigenvalue weighted by Crippen LogP contribution is 2.27. The van der Waals surface area contributed by atoms with Gasteiger partial charge in [0.1, 0.15) is 12.4 Å². The highest BCUT2D eigenvalue weighted by molar-refractivity contribution is 5.78. The highest BCUT2D eigenvalue weighted by atomic mass is 16.5. The molecule has 6 heteroatoms. The topological polar surface area (TPSA) is 65.4 Å². The van der Waals surface area contributed by atoms with Gasteiger partial charge in [-0.2, -0.15) is 0 Å². The van der Waals surface area contributed by atoms with Crippen molar-refractivity contribution in [2.75, 3.05) is 13.2 Å². The van der Waals surface area contributed by atoms with Gasteiger partial charge in [-0.25, -0.2) is 4.98 Å². The molecule has 1 amide bonds. The summed E-state index contributed by atoms with van der Waals surface area (Å²) in [7, 11) is 0. The maximum Gasteiger partial charge on any atom is 0.257 e. The quantitative estimate of drug-likeness (QED) is 0.407. The van der Waals surface area contributed by atoms with Crippen molar-refractivity contribution >= 4 is 16.9 Å². The number of benzene rings is 3. The fourth-order valence-electron chi connectivity index (χ4n) is 3.60. The molecule has 1 N–H and O–H groups in total. The number of nitrogens with zero attached hydrogens (tertiary/aromatic N) is 2. The van der Waals surface area contributed by atoms with E-state index in [-0.39, 0.29) is 12.5 Å². The van der Waals surface area contributed by atoms with Crippen LogP contribution in [0.1, 0.15) is 18.3 Å². The Morgan fingerprint density at radius 1 is 0.906 bits per heavy atom. The van der Waals surface area contributed by atoms with Crippen molar-refractivity contribution in [2.45, 2.75) is 26.5 Å². The lowest BCUT2D eigenvalue weighted by molar-refractivity contribution is -0.123. The number of rotatable bonds is 10. The molecule has 32 heavy (non-hydrogen) atoms. The predicted molar refractivity (Wildman–Crippen MR) is 125 cm³/mol. The summed E-state index contributed by atoms with van der Waals surface area (Å²) in [4.78, 5) is 17.0. The molecule has 0 bridgehead atoms. The molecule has 0 aliphatic heterocycles. The summed E-state index contributed by atoms with van der Waals surface area (Å²) in [6.07, 6.45) is 0.658. The van der Waals surface area contributed by atoms with E-state index >= 15 is 0 Å². The zero-order valence-corrected chi connectivity index (χ0v) is 18.2. The van der Waals surface area contributed by atoms with Gasteiger partial charge in [0.05, 0.1) is 11.0 Å². The minimum Gasteiger partial charge on any atom is -0.485 e. The molecule has 4 rings (SSSR count). The minimum atomic E-state index is -0.179. The monoisotopic (exact) mass is 429 g/mol. The first-order valence-electron chi connectivity index (χ1n) is 10.8. The molecular formula is C26H27N3O3. The van der Waals surface area contributed by atoms with Crippen LogP contribution in [0.3, 0.4) is 0 Å². The second kappa shape index (κ2) is 10.5. The zero-order chi connectivity index (χ0) is 22.2. The summed E-state index contributed by atoms with van der Waals surface area (Å²) in [5.74, 6) is 1.95. The molecule has 164 valence electrons. The molecule has 0 atom stereocenters. The Morgan fingerprint density at radius 2 is 1.59 bits per heavy atom. The number of hydrogen-bond acceptors (Lipinski definition) is 4. The van der Waals surface area contributed by atoms with Gasteiger partial charge in [0.25, 0.3) is 5.91 Å². The van der Waals surface area contributed by atoms with E-state index in [9.17, 15) is 4.79 Å². The second-order valence-electron chi connectivity index (χ2n) is 7.37. The average Bonchev–Trinajstić information content (AvgIpc) is 3.20. The van der Waals surface area contributed by atoms with Gasteiger partial charge in [-0.05, 0) is 36.8 Å². The molecule has 0 aliphatic rings. The van der Waals surface area contributed by atoms with E-state index in [0.29, 0.717) is 31.1 Å². The van der Waals surface area contributed by atoms with Gasteiger partial charge in [0.15, 0.2) is 18.1 Å². The van der Waals surface area contributed by atoms with Crippen LogP contribution in [0.25, 0.3) is 11.0 Å². The van der Waals surface area contributed by atoms with Crippen LogP contribution >= 0.6 is 0 Å². The molecular weight excluding hydrogens is 402 g/mol. The maximum absolute atomic E-state index is 12.3. The number of aryl methyl sites for hydroxylation is 1. The van der Waals surface area contributed by atoms with Crippen LogP contribution in [0, 0.1) is 0 Å². The number of para-hydroxylation sites is 4. The fourth-order valence-corrected chi connectivity index (χ4v) is 3.60. The van der Waals surface area contributed by atoms with Crippen LogP contribution < -0.4 is 14.8 Å². The van der Waals surface area contributed by atoms with Crippen molar-refractivity contribution in [3.05, 3.63) is 90.3 Å². The maximum atomic E-state index is 12.3. The van der Waals surface area contributed by atoms with Crippen molar-refractivity contribution in [2.24, 2.45) is 0 Å². The summed E-state index contributed by atoms with van der Waals surface area (Å²) in [6.45, 7) is 3.80. The smallest absolute Gasteiger partial charge is 0.257 e. The number of fused-ring (bicyclic) bond motifs is 1. The molecule has 1 aromatic heterocycles. The molecule has 1 heterocycles. The van der Waals surface area contributed by atoms with Gasteiger partial charge in [-0.1, -0.05) is 54.6 Å². The van der Waals surface area contributed by atoms with E-state index in [1.807, 2.05) is 66.7 Å². The normalized spacial score (nSPS) is 10.8. The van der Waals surface area contributed by atoms with Crippen LogP contribution in [0.4, 0.5) is 0 Å². The van der Waals surface area contributed by atoms with Crippen LogP contribution in [0.2, 0.25) is 0 Å². The lowest BCUT2D eigenvalue weighted by atomic mass is 10.2. The molecule has 4 aromatic rings. The first-order valence-corrected chi connectivity index (χ1v) is 10.8. The molecule has 0 radical (unpaired) electrons. The van der Waals surface area contributed by atoms with Gasteiger partial charge in [-0.3, -0.25) is 4.79 Å². The number of carbonyl (C=O) groups is 1. The molecule has 0 saturated carbocycles. The van der Waals surface area contributed by atoms with E-state index in [1.165, 1.54) is 0 Å². The molecule has 6 nitrogen and oxygen atoms in total. The summed E-state index contributed by atoms with van der Waals surface area (Å²) in [5.41, 5.74) is 3.16. The zero-order valence-electron chi connectivity index (χ0n) is 18.2. The molecule has 0 saturated heterocycles. The number of amides is 1. The van der Waals surface area contributed by atoms with Gasteiger partial charge < -0.3 is 19.4 Å². The average molecular weight is 430 g/mol. The van der Waals surface area contributed by atoms with Gasteiger partial charge >= 0.3 is 0 Å². The Hall–Kier alpha value is -3.80. The van der Waals surface area contributed by atoms with E-state index in [1.54, 1.807) is 6.07 Å². The third kappa shape index (κ3) is 5.27. The largest absolute Gasteiger partial charge is 0.485 e. The Balaban J connectivity index is 1.28. The van der Waals surface area contributed by atoms with E-state index in [0.717, 1.165) is 29.0 Å². The Bertz CT molecular complexity index is 1170. The summed E-state index contributed by atoms with van der Waals surface area (Å²) in [6, 6.07) is 25.4. The van der Waals surface area contributed by atoms with Crippen molar-refractivity contribution in [1.29, 1.82) is 0 Å². The van der Waals surface area contributed by atoms with Gasteiger partial charge in [-0.15, -0.1) is 0 Å². The number of aromatic nitrogens is 2. The molecule has 3 aromatic carbocycles. The minimum absolute atomic E-state index is 0.0735. The summed E-state index contributed by atoms with van der Waals surface area (Å²) in [5, 5.41) is 2.92. The first kappa shape index (κ1) is 21.4. The van der Waals surface area contributed by atoms with Crippen molar-refractivity contribution in [3.63, 3.8) is 0 Å². The van der Waals surface area contributed by atoms with Crippen LogP contribution in [0.15, 0.2) is 78.9 Å². The van der Waals surface area contributed by atoms with E-state index in [4.69, 9.17) is 14.5 Å². The Morgan fingerprint density at radius 3 is 2.38 bits per heavy atom. The van der Waals surface area contributed by atoms with Crippen LogP contribution in [0.5, 0.6) is 11.5 Å². The molecule has 0 aliphatic carbocycles. The van der Waals surface area contributed by atoms with Crippen LogP contribution in [-0.2, 0) is 24.4 Å². The SMILES string of the molecule is CCn1c(CCNC(=O)COc2ccccc2OCc2ccccc2)nc2ccccc21. The van der Waals surface area contributed by atoms with Crippen molar-refractivity contribution in [3.8, 4) is 11.5 Å². The molecule has 0 spiro atoms. The fraction of sp³-hybridized carbons (Fsp3) is 0.231. The number of hydrogen-bond donors (Lipinski definition) is 1. The first-order chi connectivity index (χ1) is 15.7. The number of carbonyl (C=O) groups excluding carboxylic acids is 1. The van der Waals surface area contributed by atoms with Gasteiger partial charge in [0, 0.05) is 19.5 Å². The van der Waals surface area contributed by atoms with Gasteiger partial charge in [0.2, 0.25) is 0 Å². The van der Waals surface area contributed by atoms with Crippen molar-refractivity contribution in [1.82, 2.24) is 14.9 Å². The highest BCUT2D eigenvalue weighted by Gasteiger charge is 2.11. The lowest BCUT2D eigenvalue weighted by Crippen LogP contribution is -2.31. The summed E-state index contributed by atoms with van der Waals surface area (Å²) >= 11 is 0. The molecule has 0 unspecified atom stereocenters. The third-order valence-corrected chi connectivity index (χ3v) is 5.17. The Kier molecular flexibility index (Phi) is 7.02. The summed E-state index contributed by atoms with van der Waals surface area (Å²) < 4.78 is 13.8. The van der Waals surface area contributed by atoms with E-state index < -0.39 is 0 Å². The standard InChI is InChI=1S/C26H27N3O3/c1-2-29-22-13-7-6-12-21(22)28-25(29)16-17-27-26(30)19-32-24-15-9-8-14-23(24)31-18-20-10-4-3-5-11-20/h3-15H,2,16-19H2,1H3,(H,27,30). The van der Waals surface area contributed by atoms with Crippen molar-refractivity contribution < 1.29 is 14.3 Å². The second-order valence-corrected chi connectivity index (χ2v) is 7.37.